The second-order valence-corrected chi connectivity index (χ2v) is 4.13. The lowest BCUT2D eigenvalue weighted by Crippen LogP contribution is -2.15. The van der Waals surface area contributed by atoms with E-state index in [-0.39, 0.29) is 5.97 Å². The molecule has 1 aliphatic heterocycles. The summed E-state index contributed by atoms with van der Waals surface area (Å²) in [6.45, 7) is 3.19. The smallest absolute Gasteiger partial charge is 0.339 e. The highest BCUT2D eigenvalue weighted by Gasteiger charge is 2.14. The molecule has 1 aromatic carbocycles. The van der Waals surface area contributed by atoms with E-state index in [0.29, 0.717) is 36.9 Å². The van der Waals surface area contributed by atoms with E-state index < -0.39 is 0 Å². The lowest BCUT2D eigenvalue weighted by molar-refractivity contribution is 0.0526. The number of rotatable bonds is 2. The molecule has 0 saturated carbocycles. The third-order valence-corrected chi connectivity index (χ3v) is 2.86. The first-order valence-electron chi connectivity index (χ1n) is 6.14. The molecule has 0 amide bonds. The Bertz CT molecular complexity index is 639. The second-order valence-electron chi connectivity index (χ2n) is 4.13. The van der Waals surface area contributed by atoms with Crippen LogP contribution in [0.1, 0.15) is 17.3 Å². The first-order chi connectivity index (χ1) is 9.28. The summed E-state index contributed by atoms with van der Waals surface area (Å²) in [7, 11) is 0. The molecule has 0 saturated heterocycles. The third kappa shape index (κ3) is 2.19. The number of fused-ring (bicyclic) bond motifs is 2. The van der Waals surface area contributed by atoms with Gasteiger partial charge in [-0.05, 0) is 19.1 Å². The molecule has 0 unspecified atom stereocenters. The topological polar surface area (TPSA) is 57.7 Å². The average molecular weight is 259 g/mol. The van der Waals surface area contributed by atoms with Gasteiger partial charge in [0.25, 0.3) is 0 Å². The van der Waals surface area contributed by atoms with Crippen molar-refractivity contribution >= 4 is 16.9 Å². The maximum atomic E-state index is 11.7. The van der Waals surface area contributed by atoms with E-state index in [1.165, 1.54) is 6.20 Å². The quantitative estimate of drug-likeness (QED) is 0.774. The molecule has 0 N–H and O–H groups in total. The van der Waals surface area contributed by atoms with Crippen LogP contribution in [0.4, 0.5) is 0 Å². The molecule has 19 heavy (non-hydrogen) atoms. The van der Waals surface area contributed by atoms with Gasteiger partial charge >= 0.3 is 5.97 Å². The van der Waals surface area contributed by atoms with Gasteiger partial charge in [0.15, 0.2) is 11.5 Å². The molecular formula is C14H13NO4. The Hall–Kier alpha value is -2.30. The first-order valence-corrected chi connectivity index (χ1v) is 6.14. The van der Waals surface area contributed by atoms with Gasteiger partial charge in [-0.1, -0.05) is 0 Å². The standard InChI is InChI=1S/C14H13NO4/c1-2-17-14(16)10-5-9-6-12-13(19-4-3-18-12)7-11(9)15-8-10/h5-8H,2-4H2,1H3. The molecule has 0 aliphatic carbocycles. The molecule has 1 aliphatic rings. The predicted molar refractivity (Wildman–Crippen MR) is 68.7 cm³/mol. The maximum absolute atomic E-state index is 11.7. The van der Waals surface area contributed by atoms with Crippen molar-refractivity contribution in [2.75, 3.05) is 19.8 Å². The molecule has 2 aromatic rings. The zero-order valence-corrected chi connectivity index (χ0v) is 10.5. The third-order valence-electron chi connectivity index (χ3n) is 2.86. The maximum Gasteiger partial charge on any atom is 0.339 e. The van der Waals surface area contributed by atoms with Crippen LogP contribution in [0, 0.1) is 0 Å². The van der Waals surface area contributed by atoms with Gasteiger partial charge in [-0.25, -0.2) is 4.79 Å². The summed E-state index contributed by atoms with van der Waals surface area (Å²) in [5, 5.41) is 0.829. The summed E-state index contributed by atoms with van der Waals surface area (Å²) in [6.07, 6.45) is 1.51. The molecule has 0 atom stereocenters. The molecule has 3 rings (SSSR count). The Kier molecular flexibility index (Phi) is 2.95. The van der Waals surface area contributed by atoms with E-state index in [9.17, 15) is 4.79 Å². The fraction of sp³-hybridized carbons (Fsp3) is 0.286. The van der Waals surface area contributed by atoms with Crippen LogP contribution >= 0.6 is 0 Å². The molecule has 5 heteroatoms. The minimum absolute atomic E-state index is 0.345. The van der Waals surface area contributed by atoms with Crippen LogP contribution in [-0.4, -0.2) is 30.8 Å². The van der Waals surface area contributed by atoms with Crippen molar-refractivity contribution in [1.29, 1.82) is 0 Å². The van der Waals surface area contributed by atoms with Crippen LogP contribution in [0.5, 0.6) is 11.5 Å². The SMILES string of the molecule is CCOC(=O)c1cnc2cc3c(cc2c1)OCCO3. The highest BCUT2D eigenvalue weighted by molar-refractivity contribution is 5.94. The van der Waals surface area contributed by atoms with Gasteiger partial charge in [-0.15, -0.1) is 0 Å². The van der Waals surface area contributed by atoms with Crippen molar-refractivity contribution in [2.24, 2.45) is 0 Å². The molecule has 5 nitrogen and oxygen atoms in total. The molecule has 2 heterocycles. The fourth-order valence-corrected chi connectivity index (χ4v) is 1.99. The number of nitrogens with zero attached hydrogens (tertiary/aromatic N) is 1. The fourth-order valence-electron chi connectivity index (χ4n) is 1.99. The highest BCUT2D eigenvalue weighted by Crippen LogP contribution is 2.34. The van der Waals surface area contributed by atoms with E-state index in [2.05, 4.69) is 4.98 Å². The summed E-state index contributed by atoms with van der Waals surface area (Å²) >= 11 is 0. The Balaban J connectivity index is 2.05. The van der Waals surface area contributed by atoms with E-state index in [4.69, 9.17) is 14.2 Å². The van der Waals surface area contributed by atoms with Gasteiger partial charge in [-0.2, -0.15) is 0 Å². The molecule has 1 aromatic heterocycles. The van der Waals surface area contributed by atoms with Gasteiger partial charge in [0, 0.05) is 17.6 Å². The van der Waals surface area contributed by atoms with Gasteiger partial charge in [0.1, 0.15) is 13.2 Å². The molecule has 0 radical (unpaired) electrons. The van der Waals surface area contributed by atoms with Crippen LogP contribution < -0.4 is 9.47 Å². The summed E-state index contributed by atoms with van der Waals surface area (Å²) < 4.78 is 16.0. The Morgan fingerprint density at radius 1 is 1.26 bits per heavy atom. The van der Waals surface area contributed by atoms with Crippen LogP contribution in [0.25, 0.3) is 10.9 Å². The molecule has 0 bridgehead atoms. The van der Waals surface area contributed by atoms with Crippen molar-refractivity contribution in [2.45, 2.75) is 6.92 Å². The lowest BCUT2D eigenvalue weighted by atomic mass is 10.1. The Labute approximate surface area is 110 Å². The van der Waals surface area contributed by atoms with Gasteiger partial charge in [0.2, 0.25) is 0 Å². The normalized spacial score (nSPS) is 13.3. The molecular weight excluding hydrogens is 246 g/mol. The number of carbonyl (C=O) groups excluding carboxylic acids is 1. The molecule has 98 valence electrons. The second kappa shape index (κ2) is 4.76. The Morgan fingerprint density at radius 3 is 2.74 bits per heavy atom. The van der Waals surface area contributed by atoms with Gasteiger partial charge in [-0.3, -0.25) is 4.98 Å². The van der Waals surface area contributed by atoms with Crippen LogP contribution in [0.3, 0.4) is 0 Å². The highest BCUT2D eigenvalue weighted by atomic mass is 16.6. The molecule has 0 fully saturated rings. The van der Waals surface area contributed by atoms with Crippen molar-refractivity contribution in [1.82, 2.24) is 4.98 Å². The predicted octanol–water partition coefficient (Wildman–Crippen LogP) is 2.18. The van der Waals surface area contributed by atoms with Crippen molar-refractivity contribution < 1.29 is 19.0 Å². The first kappa shape index (κ1) is 11.8. The minimum atomic E-state index is -0.369. The van der Waals surface area contributed by atoms with Gasteiger partial charge in [0.05, 0.1) is 17.7 Å². The number of carbonyl (C=O) groups is 1. The zero-order chi connectivity index (χ0) is 13.2. The summed E-state index contributed by atoms with van der Waals surface area (Å²) in [6, 6.07) is 5.40. The van der Waals surface area contributed by atoms with Gasteiger partial charge < -0.3 is 14.2 Å². The molecule has 0 spiro atoms. The number of hydrogen-bond acceptors (Lipinski definition) is 5. The zero-order valence-electron chi connectivity index (χ0n) is 10.5. The number of benzene rings is 1. The van der Waals surface area contributed by atoms with E-state index in [1.54, 1.807) is 13.0 Å². The number of ether oxygens (including phenoxy) is 3. The van der Waals surface area contributed by atoms with Crippen LogP contribution in [0.15, 0.2) is 24.4 Å². The van der Waals surface area contributed by atoms with Crippen molar-refractivity contribution in [3.8, 4) is 11.5 Å². The van der Waals surface area contributed by atoms with Crippen LogP contribution in [-0.2, 0) is 4.74 Å². The summed E-state index contributed by atoms with van der Waals surface area (Å²) in [5.74, 6) is 1.00. The van der Waals surface area contributed by atoms with E-state index >= 15 is 0 Å². The number of hydrogen-bond donors (Lipinski definition) is 0. The van der Waals surface area contributed by atoms with E-state index in [0.717, 1.165) is 10.9 Å². The summed E-state index contributed by atoms with van der Waals surface area (Å²) in [5.41, 5.74) is 1.20. The monoisotopic (exact) mass is 259 g/mol. The largest absolute Gasteiger partial charge is 0.486 e. The lowest BCUT2D eigenvalue weighted by Gasteiger charge is -2.18. The number of aromatic nitrogens is 1. The van der Waals surface area contributed by atoms with E-state index in [1.807, 2.05) is 12.1 Å². The van der Waals surface area contributed by atoms with Crippen molar-refractivity contribution in [3.63, 3.8) is 0 Å². The van der Waals surface area contributed by atoms with Crippen LogP contribution in [0.2, 0.25) is 0 Å². The number of esters is 1. The minimum Gasteiger partial charge on any atom is -0.486 e. The summed E-state index contributed by atoms with van der Waals surface area (Å²) in [4.78, 5) is 15.9. The number of pyridine rings is 1. The van der Waals surface area contributed by atoms with Crippen molar-refractivity contribution in [3.05, 3.63) is 30.0 Å². The Morgan fingerprint density at radius 2 is 2.00 bits per heavy atom. The average Bonchev–Trinajstić information content (AvgIpc) is 2.44.